The zero-order valence-corrected chi connectivity index (χ0v) is 13.9. The molecule has 2 amide bonds. The summed E-state index contributed by atoms with van der Waals surface area (Å²) < 4.78 is 37.0. The molecule has 0 saturated heterocycles. The first-order valence-electron chi connectivity index (χ1n) is 7.42. The van der Waals surface area contributed by atoms with Crippen molar-refractivity contribution < 1.29 is 19.0 Å². The van der Waals surface area contributed by atoms with E-state index in [-0.39, 0.29) is 12.1 Å². The van der Waals surface area contributed by atoms with Crippen molar-refractivity contribution in [1.82, 2.24) is 4.90 Å². The fourth-order valence-electron chi connectivity index (χ4n) is 3.07. The molecule has 1 heterocycles. The number of halogens is 1. The van der Waals surface area contributed by atoms with E-state index in [0.717, 1.165) is 11.8 Å². The summed E-state index contributed by atoms with van der Waals surface area (Å²) in [7, 11) is -3.38. The number of fused-ring (bicyclic) bond motifs is 1. The van der Waals surface area contributed by atoms with Gasteiger partial charge in [0.2, 0.25) is 0 Å². The number of rotatable bonds is 2. The van der Waals surface area contributed by atoms with Crippen molar-refractivity contribution in [3.05, 3.63) is 65.0 Å². The van der Waals surface area contributed by atoms with Crippen molar-refractivity contribution in [2.45, 2.75) is 17.4 Å². The molecular weight excluding hydrogens is 331 g/mol. The number of sulfone groups is 1. The van der Waals surface area contributed by atoms with Gasteiger partial charge in [-0.1, -0.05) is 18.2 Å². The molecule has 1 aliphatic heterocycles. The van der Waals surface area contributed by atoms with Crippen LogP contribution in [0.15, 0.2) is 47.4 Å². The maximum absolute atomic E-state index is 13.2. The van der Waals surface area contributed by atoms with Crippen molar-refractivity contribution in [1.29, 1.82) is 0 Å². The second-order valence-electron chi connectivity index (χ2n) is 5.87. The van der Waals surface area contributed by atoms with Gasteiger partial charge in [0.1, 0.15) is 5.82 Å². The molecule has 1 aliphatic rings. The van der Waals surface area contributed by atoms with Crippen LogP contribution in [0.25, 0.3) is 0 Å². The molecular formula is C17H19FN2O3S. The minimum atomic E-state index is -3.38. The molecule has 0 radical (unpaired) electrons. The molecule has 128 valence electrons. The SMILES string of the molecule is CS(=O)(=O)c1ccc2c(c1)[C@@H](c1ccc(F)cc1)N(C(N)=O)CC2.[HH]. The molecule has 0 aliphatic carbocycles. The van der Waals surface area contributed by atoms with Gasteiger partial charge >= 0.3 is 6.03 Å². The van der Waals surface area contributed by atoms with Crippen LogP contribution in [0.1, 0.15) is 24.2 Å². The molecule has 2 N–H and O–H groups in total. The van der Waals surface area contributed by atoms with Gasteiger partial charge in [0.25, 0.3) is 0 Å². The van der Waals surface area contributed by atoms with Crippen molar-refractivity contribution in [3.63, 3.8) is 0 Å². The standard InChI is InChI=1S/C17H17FN2O3S.H2/c1-24(22,23)14-7-4-11-8-9-20(17(19)21)16(15(11)10-14)12-2-5-13(18)6-3-12;/h2-7,10,16H,8-9H2,1H3,(H2,19,21);1H/t16-;/m1./s1. The summed E-state index contributed by atoms with van der Waals surface area (Å²) in [6.07, 6.45) is 1.72. The second kappa shape index (κ2) is 5.90. The second-order valence-corrected chi connectivity index (χ2v) is 7.88. The molecule has 0 fully saturated rings. The van der Waals surface area contributed by atoms with Crippen LogP contribution in [0.4, 0.5) is 9.18 Å². The third-order valence-electron chi connectivity index (χ3n) is 4.24. The number of benzene rings is 2. The van der Waals surface area contributed by atoms with E-state index in [0.29, 0.717) is 24.1 Å². The number of primary amides is 1. The molecule has 0 unspecified atom stereocenters. The maximum Gasteiger partial charge on any atom is 0.315 e. The maximum atomic E-state index is 13.2. The Morgan fingerprint density at radius 1 is 1.25 bits per heavy atom. The molecule has 0 saturated carbocycles. The molecule has 24 heavy (non-hydrogen) atoms. The molecule has 2 aromatic rings. The average Bonchev–Trinajstić information content (AvgIpc) is 2.53. The number of hydrogen-bond acceptors (Lipinski definition) is 3. The fourth-order valence-corrected chi connectivity index (χ4v) is 3.72. The highest BCUT2D eigenvalue weighted by Crippen LogP contribution is 2.36. The smallest absolute Gasteiger partial charge is 0.315 e. The van der Waals surface area contributed by atoms with Gasteiger partial charge < -0.3 is 10.6 Å². The lowest BCUT2D eigenvalue weighted by atomic mass is 9.88. The minimum absolute atomic E-state index is 0. The lowest BCUT2D eigenvalue weighted by Gasteiger charge is -2.36. The Hall–Kier alpha value is -2.41. The Morgan fingerprint density at radius 3 is 2.50 bits per heavy atom. The summed E-state index contributed by atoms with van der Waals surface area (Å²) in [6, 6.07) is 9.56. The summed E-state index contributed by atoms with van der Waals surface area (Å²) >= 11 is 0. The number of urea groups is 1. The summed E-state index contributed by atoms with van der Waals surface area (Å²) in [5.74, 6) is -0.384. The Labute approximate surface area is 141 Å². The number of nitrogens with zero attached hydrogens (tertiary/aromatic N) is 1. The zero-order valence-electron chi connectivity index (χ0n) is 13.1. The Kier molecular flexibility index (Phi) is 4.04. The molecule has 2 aromatic carbocycles. The van der Waals surface area contributed by atoms with Crippen LogP contribution in [0.2, 0.25) is 0 Å². The van der Waals surface area contributed by atoms with Crippen LogP contribution in [-0.4, -0.2) is 32.1 Å². The molecule has 0 aromatic heterocycles. The van der Waals surface area contributed by atoms with Gasteiger partial charge in [0.05, 0.1) is 10.9 Å². The lowest BCUT2D eigenvalue weighted by molar-refractivity contribution is 0.189. The van der Waals surface area contributed by atoms with Crippen LogP contribution in [0.3, 0.4) is 0 Å². The Balaban J connectivity index is 0.00000225. The van der Waals surface area contributed by atoms with Gasteiger partial charge in [0, 0.05) is 14.2 Å². The van der Waals surface area contributed by atoms with Crippen LogP contribution < -0.4 is 5.73 Å². The first kappa shape index (κ1) is 16.4. The lowest BCUT2D eigenvalue weighted by Crippen LogP contribution is -2.43. The van der Waals surface area contributed by atoms with E-state index in [1.165, 1.54) is 17.0 Å². The Bertz CT molecular complexity index is 901. The largest absolute Gasteiger partial charge is 0.351 e. The van der Waals surface area contributed by atoms with Crippen molar-refractivity contribution >= 4 is 15.9 Å². The molecule has 5 nitrogen and oxygen atoms in total. The number of hydrogen-bond donors (Lipinski definition) is 1. The molecule has 3 rings (SSSR count). The fraction of sp³-hybridized carbons (Fsp3) is 0.235. The van der Waals surface area contributed by atoms with Gasteiger partial charge in [-0.25, -0.2) is 17.6 Å². The highest BCUT2D eigenvalue weighted by atomic mass is 32.2. The topological polar surface area (TPSA) is 80.5 Å². The van der Waals surface area contributed by atoms with Gasteiger partial charge in [0.15, 0.2) is 9.84 Å². The number of carbonyl (C=O) groups is 1. The number of amides is 2. The highest BCUT2D eigenvalue weighted by Gasteiger charge is 2.31. The third-order valence-corrected chi connectivity index (χ3v) is 5.35. The highest BCUT2D eigenvalue weighted by molar-refractivity contribution is 7.90. The zero-order chi connectivity index (χ0) is 17.5. The van der Waals surface area contributed by atoms with Gasteiger partial charge in [-0.3, -0.25) is 0 Å². The van der Waals surface area contributed by atoms with Crippen molar-refractivity contribution in [2.24, 2.45) is 5.73 Å². The summed E-state index contributed by atoms with van der Waals surface area (Å²) in [5, 5.41) is 0. The van der Waals surface area contributed by atoms with Crippen molar-refractivity contribution in [2.75, 3.05) is 12.8 Å². The first-order chi connectivity index (χ1) is 11.3. The number of carbonyl (C=O) groups excluding carboxylic acids is 1. The first-order valence-corrected chi connectivity index (χ1v) is 9.31. The summed E-state index contributed by atoms with van der Waals surface area (Å²) in [6.45, 7) is 0.419. The molecule has 0 bridgehead atoms. The van der Waals surface area contributed by atoms with E-state index in [2.05, 4.69) is 0 Å². The predicted octanol–water partition coefficient (Wildman–Crippen LogP) is 2.50. The Morgan fingerprint density at radius 2 is 1.92 bits per heavy atom. The number of nitrogens with two attached hydrogens (primary N) is 1. The quantitative estimate of drug-likeness (QED) is 0.903. The monoisotopic (exact) mass is 350 g/mol. The van der Waals surface area contributed by atoms with E-state index >= 15 is 0 Å². The molecule has 7 heteroatoms. The van der Waals surface area contributed by atoms with E-state index in [4.69, 9.17) is 5.73 Å². The van der Waals surface area contributed by atoms with Crippen molar-refractivity contribution in [3.8, 4) is 0 Å². The van der Waals surface area contributed by atoms with Crippen LogP contribution >= 0.6 is 0 Å². The van der Waals surface area contributed by atoms with Gasteiger partial charge in [-0.05, 0) is 47.4 Å². The van der Waals surface area contributed by atoms with Gasteiger partial charge in [-0.15, -0.1) is 0 Å². The van der Waals surface area contributed by atoms with E-state index in [1.807, 2.05) is 0 Å². The molecule has 1 atom stereocenters. The van der Waals surface area contributed by atoms with Gasteiger partial charge in [-0.2, -0.15) is 0 Å². The summed E-state index contributed by atoms with van der Waals surface area (Å²) in [4.78, 5) is 13.5. The van der Waals surface area contributed by atoms with Crippen LogP contribution in [0.5, 0.6) is 0 Å². The minimum Gasteiger partial charge on any atom is -0.351 e. The molecule has 0 spiro atoms. The van der Waals surface area contributed by atoms with Crippen LogP contribution in [-0.2, 0) is 16.3 Å². The van der Waals surface area contributed by atoms with E-state index < -0.39 is 21.9 Å². The van der Waals surface area contributed by atoms with E-state index in [9.17, 15) is 17.6 Å². The normalized spacial score (nSPS) is 17.4. The third kappa shape index (κ3) is 2.99. The van der Waals surface area contributed by atoms with Crippen LogP contribution in [0, 0.1) is 5.82 Å². The predicted molar refractivity (Wildman–Crippen MR) is 89.9 cm³/mol. The van der Waals surface area contributed by atoms with E-state index in [1.54, 1.807) is 30.3 Å². The average molecular weight is 350 g/mol. The summed E-state index contributed by atoms with van der Waals surface area (Å²) in [5.41, 5.74) is 7.84.